The van der Waals surface area contributed by atoms with Crippen molar-refractivity contribution in [3.63, 3.8) is 0 Å². The Morgan fingerprint density at radius 1 is 1.24 bits per heavy atom. The minimum absolute atomic E-state index is 0.0622. The van der Waals surface area contributed by atoms with Crippen LogP contribution in [0.4, 0.5) is 5.69 Å². The smallest absolute Gasteiger partial charge is 0.313 e. The van der Waals surface area contributed by atoms with Crippen molar-refractivity contribution >= 4 is 40.5 Å². The van der Waals surface area contributed by atoms with Crippen LogP contribution >= 0.6 is 34.8 Å². The van der Waals surface area contributed by atoms with Crippen LogP contribution in [0.5, 0.6) is 11.6 Å². The molecule has 0 aliphatic carbocycles. The van der Waals surface area contributed by atoms with E-state index in [1.54, 1.807) is 0 Å². The zero-order valence-electron chi connectivity index (χ0n) is 10.6. The molecule has 1 heterocycles. The third-order valence-electron chi connectivity index (χ3n) is 2.61. The van der Waals surface area contributed by atoms with Crippen molar-refractivity contribution in [3.05, 3.63) is 49.3 Å². The lowest BCUT2D eigenvalue weighted by molar-refractivity contribution is -0.385. The summed E-state index contributed by atoms with van der Waals surface area (Å²) in [6, 6.07) is 2.38. The van der Waals surface area contributed by atoms with Gasteiger partial charge in [0.25, 0.3) is 0 Å². The summed E-state index contributed by atoms with van der Waals surface area (Å²) >= 11 is 17.6. The Labute approximate surface area is 134 Å². The number of ether oxygens (including phenoxy) is 1. The predicted octanol–water partition coefficient (Wildman–Crippen LogP) is 4.70. The highest BCUT2D eigenvalue weighted by molar-refractivity contribution is 6.42. The number of aromatic nitrogens is 2. The fraction of sp³-hybridized carbons (Fsp3) is 0.167. The molecule has 6 nitrogen and oxygen atoms in total. The summed E-state index contributed by atoms with van der Waals surface area (Å²) < 4.78 is 5.49. The van der Waals surface area contributed by atoms with Gasteiger partial charge in [0.05, 0.1) is 20.5 Å². The molecule has 0 saturated carbocycles. The van der Waals surface area contributed by atoms with Crippen molar-refractivity contribution in [2.45, 2.75) is 13.3 Å². The van der Waals surface area contributed by atoms with E-state index in [9.17, 15) is 10.1 Å². The summed E-state index contributed by atoms with van der Waals surface area (Å²) in [7, 11) is 0. The zero-order valence-corrected chi connectivity index (χ0v) is 12.9. The molecule has 0 radical (unpaired) electrons. The average molecular weight is 349 g/mol. The Morgan fingerprint density at radius 2 is 1.90 bits per heavy atom. The molecule has 0 atom stereocenters. The van der Waals surface area contributed by atoms with Gasteiger partial charge >= 0.3 is 5.69 Å². The molecule has 9 heteroatoms. The van der Waals surface area contributed by atoms with E-state index in [4.69, 9.17) is 39.5 Å². The predicted molar refractivity (Wildman–Crippen MR) is 79.6 cm³/mol. The molecule has 0 spiro atoms. The van der Waals surface area contributed by atoms with E-state index < -0.39 is 4.92 Å². The van der Waals surface area contributed by atoms with E-state index in [1.165, 1.54) is 12.4 Å². The number of nitro benzene ring substituents is 1. The number of benzene rings is 1. The van der Waals surface area contributed by atoms with Crippen LogP contribution in [0, 0.1) is 10.1 Å². The van der Waals surface area contributed by atoms with Crippen LogP contribution in [0.1, 0.15) is 12.5 Å². The van der Waals surface area contributed by atoms with Gasteiger partial charge in [0.2, 0.25) is 11.6 Å². The SMILES string of the molecule is CCc1c(Cl)ncnc1Oc1cc(Cl)c(Cl)cc1[N+](=O)[O-]. The quantitative estimate of drug-likeness (QED) is 0.454. The molecule has 0 aliphatic heterocycles. The highest BCUT2D eigenvalue weighted by Crippen LogP contribution is 2.38. The Balaban J connectivity index is 2.51. The Hall–Kier alpha value is -1.63. The van der Waals surface area contributed by atoms with Crippen LogP contribution in [0.2, 0.25) is 15.2 Å². The van der Waals surface area contributed by atoms with Gasteiger partial charge in [0.1, 0.15) is 11.5 Å². The van der Waals surface area contributed by atoms with Gasteiger partial charge in [-0.05, 0) is 6.42 Å². The van der Waals surface area contributed by atoms with E-state index >= 15 is 0 Å². The summed E-state index contributed by atoms with van der Waals surface area (Å²) in [5, 5.41) is 11.5. The monoisotopic (exact) mass is 347 g/mol. The van der Waals surface area contributed by atoms with Crippen LogP contribution in [-0.4, -0.2) is 14.9 Å². The fourth-order valence-corrected chi connectivity index (χ4v) is 2.18. The third kappa shape index (κ3) is 3.34. The first-order chi connectivity index (χ1) is 9.93. The molecule has 0 bridgehead atoms. The molecular formula is C12H8Cl3N3O3. The van der Waals surface area contributed by atoms with Crippen molar-refractivity contribution in [1.82, 2.24) is 9.97 Å². The third-order valence-corrected chi connectivity index (χ3v) is 3.66. The van der Waals surface area contributed by atoms with Gasteiger partial charge in [-0.15, -0.1) is 0 Å². The molecule has 0 saturated heterocycles. The number of hydrogen-bond acceptors (Lipinski definition) is 5. The molecule has 0 N–H and O–H groups in total. The summed E-state index contributed by atoms with van der Waals surface area (Å²) in [5.41, 5.74) is 0.223. The Kier molecular flexibility index (Phi) is 4.82. The molecule has 110 valence electrons. The van der Waals surface area contributed by atoms with E-state index in [2.05, 4.69) is 9.97 Å². The highest BCUT2D eigenvalue weighted by Gasteiger charge is 2.21. The van der Waals surface area contributed by atoms with Gasteiger partial charge in [-0.25, -0.2) is 9.97 Å². The first-order valence-electron chi connectivity index (χ1n) is 5.74. The zero-order chi connectivity index (χ0) is 15.6. The van der Waals surface area contributed by atoms with Crippen LogP contribution in [0.15, 0.2) is 18.5 Å². The Morgan fingerprint density at radius 3 is 2.52 bits per heavy atom. The normalized spacial score (nSPS) is 10.5. The van der Waals surface area contributed by atoms with E-state index in [-0.39, 0.29) is 32.5 Å². The lowest BCUT2D eigenvalue weighted by Crippen LogP contribution is -1.99. The molecule has 1 aromatic heterocycles. The number of hydrogen-bond donors (Lipinski definition) is 0. The summed E-state index contributed by atoms with van der Waals surface area (Å²) in [6.07, 6.45) is 1.71. The van der Waals surface area contributed by atoms with Crippen LogP contribution in [-0.2, 0) is 6.42 Å². The lowest BCUT2D eigenvalue weighted by atomic mass is 10.2. The van der Waals surface area contributed by atoms with Gasteiger partial charge in [-0.2, -0.15) is 0 Å². The highest BCUT2D eigenvalue weighted by atomic mass is 35.5. The van der Waals surface area contributed by atoms with Crippen molar-refractivity contribution < 1.29 is 9.66 Å². The first-order valence-corrected chi connectivity index (χ1v) is 6.88. The maximum Gasteiger partial charge on any atom is 0.313 e. The molecule has 2 rings (SSSR count). The van der Waals surface area contributed by atoms with E-state index in [0.717, 1.165) is 6.07 Å². The maximum atomic E-state index is 11.1. The first kappa shape index (κ1) is 15.8. The fourth-order valence-electron chi connectivity index (χ4n) is 1.61. The molecule has 0 amide bonds. The molecule has 0 unspecified atom stereocenters. The molecule has 0 fully saturated rings. The number of nitrogens with zero attached hydrogens (tertiary/aromatic N) is 3. The molecular weight excluding hydrogens is 341 g/mol. The van der Waals surface area contributed by atoms with Crippen molar-refractivity contribution in [1.29, 1.82) is 0 Å². The number of nitro groups is 1. The number of halogens is 3. The second kappa shape index (κ2) is 6.43. The number of rotatable bonds is 4. The summed E-state index contributed by atoms with van der Waals surface area (Å²) in [5.74, 6) is 0.0675. The topological polar surface area (TPSA) is 78.2 Å². The van der Waals surface area contributed by atoms with E-state index in [0.29, 0.717) is 12.0 Å². The minimum Gasteiger partial charge on any atom is -0.431 e. The van der Waals surface area contributed by atoms with Gasteiger partial charge in [-0.3, -0.25) is 10.1 Å². The molecule has 1 aromatic carbocycles. The van der Waals surface area contributed by atoms with Crippen molar-refractivity contribution in [2.24, 2.45) is 0 Å². The Bertz CT molecular complexity index is 710. The lowest BCUT2D eigenvalue weighted by Gasteiger charge is -2.10. The second-order valence-corrected chi connectivity index (χ2v) is 5.07. The van der Waals surface area contributed by atoms with Crippen LogP contribution in [0.25, 0.3) is 0 Å². The largest absolute Gasteiger partial charge is 0.431 e. The summed E-state index contributed by atoms with van der Waals surface area (Å²) in [6.45, 7) is 1.83. The molecule has 0 aliphatic rings. The molecule has 2 aromatic rings. The molecule has 21 heavy (non-hydrogen) atoms. The van der Waals surface area contributed by atoms with E-state index in [1.807, 2.05) is 6.92 Å². The van der Waals surface area contributed by atoms with Gasteiger partial charge < -0.3 is 4.74 Å². The van der Waals surface area contributed by atoms with Gasteiger partial charge in [-0.1, -0.05) is 41.7 Å². The minimum atomic E-state index is -0.619. The van der Waals surface area contributed by atoms with Crippen molar-refractivity contribution in [2.75, 3.05) is 0 Å². The second-order valence-electron chi connectivity index (χ2n) is 3.89. The van der Waals surface area contributed by atoms with Gasteiger partial charge in [0.15, 0.2) is 0 Å². The van der Waals surface area contributed by atoms with Crippen LogP contribution in [0.3, 0.4) is 0 Å². The summed E-state index contributed by atoms with van der Waals surface area (Å²) in [4.78, 5) is 18.2. The van der Waals surface area contributed by atoms with Crippen molar-refractivity contribution in [3.8, 4) is 11.6 Å². The van der Waals surface area contributed by atoms with Gasteiger partial charge in [0, 0.05) is 12.1 Å². The maximum absolute atomic E-state index is 11.1. The van der Waals surface area contributed by atoms with Crippen LogP contribution < -0.4 is 4.74 Å². The standard InChI is InChI=1S/C12H8Cl3N3O3/c1-2-6-11(15)16-5-17-12(6)21-10-4-8(14)7(13)3-9(10)18(19)20/h3-5H,2H2,1H3. The average Bonchev–Trinajstić information content (AvgIpc) is 2.42.